The molecule has 0 fully saturated rings. The molecule has 0 saturated heterocycles. The van der Waals surface area contributed by atoms with Crippen LogP contribution in [0.15, 0.2) is 249 Å². The van der Waals surface area contributed by atoms with E-state index in [0.29, 0.717) is 0 Å². The Morgan fingerprint density at radius 3 is 1.41 bits per heavy atom. The molecule has 0 amide bonds. The van der Waals surface area contributed by atoms with Gasteiger partial charge >= 0.3 is 0 Å². The van der Waals surface area contributed by atoms with Crippen LogP contribution >= 0.6 is 11.3 Å². The van der Waals surface area contributed by atoms with Crippen LogP contribution in [0.1, 0.15) is 22.3 Å². The summed E-state index contributed by atoms with van der Waals surface area (Å²) in [7, 11) is 0. The van der Waals surface area contributed by atoms with Crippen LogP contribution in [-0.4, -0.2) is 0 Å². The van der Waals surface area contributed by atoms with Crippen LogP contribution < -0.4 is 4.90 Å². The summed E-state index contributed by atoms with van der Waals surface area (Å²) in [4.78, 5) is 2.63. The lowest BCUT2D eigenvalue weighted by molar-refractivity contribution is 0.794. The molecule has 0 bridgehead atoms. The number of hydrogen-bond donors (Lipinski definition) is 0. The molecular weight excluding hydrogens is 875 g/mol. The summed E-state index contributed by atoms with van der Waals surface area (Å²) >= 11 is 1.90. The smallest absolute Gasteiger partial charge is 0.0726 e. The molecule has 2 aliphatic rings. The van der Waals surface area contributed by atoms with Crippen molar-refractivity contribution < 1.29 is 0 Å². The first-order valence-electron chi connectivity index (χ1n) is 24.7. The van der Waals surface area contributed by atoms with Gasteiger partial charge in [0.2, 0.25) is 0 Å². The van der Waals surface area contributed by atoms with Gasteiger partial charge in [-0.05, 0) is 129 Å². The SMILES string of the molecule is c1ccc2c(c1)-c1ccccc1C21c2ccccc2-c2cc(-c3cccc4c3sc3ccccc34)c(N(c3ccc4c5ccccc5c5ccccc5c4c3)c3cc4ccccc4c4ccccc34)cc21. The molecule has 0 saturated carbocycles. The molecule has 1 nitrogen and oxygen atoms in total. The third-order valence-corrected chi connectivity index (χ3v) is 17.2. The summed E-state index contributed by atoms with van der Waals surface area (Å²) in [6.45, 7) is 0. The normalized spacial score (nSPS) is 13.2. The predicted molar refractivity (Wildman–Crippen MR) is 303 cm³/mol. The zero-order chi connectivity index (χ0) is 46.4. The highest BCUT2D eigenvalue weighted by Crippen LogP contribution is 2.64. The van der Waals surface area contributed by atoms with Crippen LogP contribution in [0, 0.1) is 0 Å². The molecule has 13 aromatic carbocycles. The Balaban J connectivity index is 1.10. The number of benzene rings is 13. The van der Waals surface area contributed by atoms with E-state index in [0.717, 1.165) is 17.1 Å². The van der Waals surface area contributed by atoms with Crippen molar-refractivity contribution in [2.75, 3.05) is 4.90 Å². The number of fused-ring (bicyclic) bond motifs is 22. The Labute approximate surface area is 414 Å². The lowest BCUT2D eigenvalue weighted by atomic mass is 9.70. The minimum Gasteiger partial charge on any atom is -0.309 e. The summed E-state index contributed by atoms with van der Waals surface area (Å²) < 4.78 is 2.60. The van der Waals surface area contributed by atoms with E-state index in [9.17, 15) is 0 Å². The molecule has 2 aliphatic carbocycles. The Hall–Kier alpha value is -8.82. The number of hydrogen-bond acceptors (Lipinski definition) is 2. The molecule has 1 aromatic heterocycles. The van der Waals surface area contributed by atoms with Crippen LogP contribution in [0.2, 0.25) is 0 Å². The van der Waals surface area contributed by atoms with Gasteiger partial charge in [0.05, 0.1) is 16.8 Å². The van der Waals surface area contributed by atoms with Gasteiger partial charge in [-0.15, -0.1) is 11.3 Å². The van der Waals surface area contributed by atoms with Crippen LogP contribution in [0.4, 0.5) is 17.1 Å². The molecule has 328 valence electrons. The fraction of sp³-hybridized carbons (Fsp3) is 0.0145. The van der Waals surface area contributed by atoms with Crippen molar-refractivity contribution in [2.45, 2.75) is 5.41 Å². The molecule has 0 radical (unpaired) electrons. The van der Waals surface area contributed by atoms with Crippen molar-refractivity contribution in [1.82, 2.24) is 0 Å². The fourth-order valence-electron chi connectivity index (χ4n) is 13.1. The first-order valence-corrected chi connectivity index (χ1v) is 25.5. The maximum absolute atomic E-state index is 2.63. The van der Waals surface area contributed by atoms with Gasteiger partial charge in [-0.1, -0.05) is 212 Å². The summed E-state index contributed by atoms with van der Waals surface area (Å²) in [5.74, 6) is 0. The largest absolute Gasteiger partial charge is 0.309 e. The summed E-state index contributed by atoms with van der Waals surface area (Å²) in [5.41, 5.74) is 15.8. The standard InChI is InChI=1S/C69H41NS/c1-2-19-44-42(18-1)38-65(54-28-8-7-20-45(44)54)70(43-36-37-50-48-23-4-3-21-46(48)47-22-5-6-24-49(47)58(50)39-43)66-41-64-59(40-60(66)57-31-17-30-56-55-29-12-16-35-67(55)71-68(56)57)53-27-11-15-34-63(53)69(64)61-32-13-9-25-51(61)52-26-10-14-33-62(52)69/h1-41H. The first-order chi connectivity index (χ1) is 35.2. The van der Waals surface area contributed by atoms with Gasteiger partial charge in [-0.3, -0.25) is 0 Å². The Kier molecular flexibility index (Phi) is 8.04. The van der Waals surface area contributed by atoms with Crippen molar-refractivity contribution in [2.24, 2.45) is 0 Å². The number of anilines is 3. The summed E-state index contributed by atoms with van der Waals surface area (Å²) in [6, 6.07) is 94.1. The molecule has 1 heterocycles. The van der Waals surface area contributed by atoms with Crippen LogP contribution in [0.25, 0.3) is 107 Å². The highest BCUT2D eigenvalue weighted by atomic mass is 32.1. The molecule has 0 atom stereocenters. The van der Waals surface area contributed by atoms with Gasteiger partial charge in [0.1, 0.15) is 0 Å². The quantitative estimate of drug-likeness (QED) is 0.159. The maximum atomic E-state index is 2.63. The van der Waals surface area contributed by atoms with Crippen molar-refractivity contribution >= 4 is 102 Å². The molecule has 16 rings (SSSR count). The molecular formula is C69H41NS. The van der Waals surface area contributed by atoms with Gasteiger partial charge in [-0.25, -0.2) is 0 Å². The van der Waals surface area contributed by atoms with E-state index in [1.54, 1.807) is 0 Å². The second-order valence-electron chi connectivity index (χ2n) is 19.4. The maximum Gasteiger partial charge on any atom is 0.0726 e. The molecule has 14 aromatic rings. The zero-order valence-corrected chi connectivity index (χ0v) is 39.3. The Bertz CT molecular complexity index is 4530. The second kappa shape index (κ2) is 14.6. The van der Waals surface area contributed by atoms with Crippen LogP contribution in [0.5, 0.6) is 0 Å². The van der Waals surface area contributed by atoms with Crippen molar-refractivity contribution in [1.29, 1.82) is 0 Å². The fourth-order valence-corrected chi connectivity index (χ4v) is 14.4. The summed E-state index contributed by atoms with van der Waals surface area (Å²) in [5, 5.41) is 15.0. The minimum atomic E-state index is -0.536. The monoisotopic (exact) mass is 915 g/mol. The van der Waals surface area contributed by atoms with Gasteiger partial charge in [0.25, 0.3) is 0 Å². The Morgan fingerprint density at radius 2 is 0.746 bits per heavy atom. The van der Waals surface area contributed by atoms with E-state index in [1.807, 2.05) is 11.3 Å². The van der Waals surface area contributed by atoms with Crippen molar-refractivity contribution in [3.63, 3.8) is 0 Å². The van der Waals surface area contributed by atoms with Crippen LogP contribution in [0.3, 0.4) is 0 Å². The minimum absolute atomic E-state index is 0.536. The van der Waals surface area contributed by atoms with E-state index in [1.165, 1.54) is 130 Å². The molecule has 2 heteroatoms. The highest BCUT2D eigenvalue weighted by molar-refractivity contribution is 7.26. The van der Waals surface area contributed by atoms with E-state index in [4.69, 9.17) is 0 Å². The first kappa shape index (κ1) is 39.1. The Morgan fingerprint density at radius 1 is 0.268 bits per heavy atom. The van der Waals surface area contributed by atoms with Crippen LogP contribution in [-0.2, 0) is 5.41 Å². The van der Waals surface area contributed by atoms with E-state index < -0.39 is 5.41 Å². The zero-order valence-electron chi connectivity index (χ0n) is 38.5. The number of thiophene rings is 1. The lowest BCUT2D eigenvalue weighted by Crippen LogP contribution is -2.26. The lowest BCUT2D eigenvalue weighted by Gasteiger charge is -2.34. The number of rotatable bonds is 4. The van der Waals surface area contributed by atoms with Crippen molar-refractivity contribution in [3.05, 3.63) is 271 Å². The third-order valence-electron chi connectivity index (χ3n) is 16.0. The van der Waals surface area contributed by atoms with Gasteiger partial charge in [0.15, 0.2) is 0 Å². The molecule has 0 N–H and O–H groups in total. The molecule has 0 unspecified atom stereocenters. The summed E-state index contributed by atoms with van der Waals surface area (Å²) in [6.07, 6.45) is 0. The van der Waals surface area contributed by atoms with Gasteiger partial charge < -0.3 is 4.90 Å². The van der Waals surface area contributed by atoms with E-state index in [2.05, 4.69) is 254 Å². The number of nitrogens with zero attached hydrogens (tertiary/aromatic N) is 1. The highest BCUT2D eigenvalue weighted by Gasteiger charge is 2.52. The third kappa shape index (κ3) is 5.24. The molecule has 0 aliphatic heterocycles. The second-order valence-corrected chi connectivity index (χ2v) is 20.5. The average molecular weight is 916 g/mol. The van der Waals surface area contributed by atoms with Gasteiger partial charge in [-0.2, -0.15) is 0 Å². The molecule has 71 heavy (non-hydrogen) atoms. The average Bonchev–Trinajstić information content (AvgIpc) is 4.08. The van der Waals surface area contributed by atoms with E-state index in [-0.39, 0.29) is 0 Å². The van der Waals surface area contributed by atoms with Crippen molar-refractivity contribution in [3.8, 4) is 33.4 Å². The van der Waals surface area contributed by atoms with Gasteiger partial charge in [0, 0.05) is 42.4 Å². The molecule has 1 spiro atoms. The predicted octanol–water partition coefficient (Wildman–Crippen LogP) is 19.3. The topological polar surface area (TPSA) is 3.24 Å². The van der Waals surface area contributed by atoms with E-state index >= 15 is 0 Å².